The minimum atomic E-state index is -0.0893. The van der Waals surface area contributed by atoms with Crippen molar-refractivity contribution >= 4 is 34.5 Å². The highest BCUT2D eigenvalue weighted by molar-refractivity contribution is 7.99. The van der Waals surface area contributed by atoms with Crippen molar-refractivity contribution in [2.24, 2.45) is 0 Å². The van der Waals surface area contributed by atoms with Crippen molar-refractivity contribution in [2.45, 2.75) is 38.4 Å². The molecule has 1 fully saturated rings. The SMILES string of the molecule is C/C=C\C(=O)NCCn1ncc2c(N3CCCC3)nc(SCC)nc21. The van der Waals surface area contributed by atoms with Crippen LogP contribution in [0.2, 0.25) is 0 Å². The van der Waals surface area contributed by atoms with Crippen molar-refractivity contribution in [3.8, 4) is 0 Å². The van der Waals surface area contributed by atoms with Crippen LogP contribution in [-0.2, 0) is 11.3 Å². The van der Waals surface area contributed by atoms with E-state index in [0.29, 0.717) is 13.1 Å². The second kappa shape index (κ2) is 8.33. The fraction of sp³-hybridized carbons (Fsp3) is 0.529. The first-order valence-electron chi connectivity index (χ1n) is 8.74. The molecule has 1 N–H and O–H groups in total. The number of anilines is 1. The molecule has 0 bridgehead atoms. The first-order valence-corrected chi connectivity index (χ1v) is 9.73. The number of rotatable bonds is 7. The maximum atomic E-state index is 11.5. The van der Waals surface area contributed by atoms with Gasteiger partial charge in [0.2, 0.25) is 5.91 Å². The molecule has 25 heavy (non-hydrogen) atoms. The summed E-state index contributed by atoms with van der Waals surface area (Å²) >= 11 is 1.64. The quantitative estimate of drug-likeness (QED) is 0.464. The van der Waals surface area contributed by atoms with E-state index in [1.807, 2.05) is 17.8 Å². The molecule has 0 aliphatic carbocycles. The molecular formula is C17H24N6OS. The smallest absolute Gasteiger partial charge is 0.243 e. The van der Waals surface area contributed by atoms with Crippen LogP contribution in [-0.4, -0.2) is 51.0 Å². The number of hydrogen-bond acceptors (Lipinski definition) is 6. The van der Waals surface area contributed by atoms with Crippen LogP contribution in [0.1, 0.15) is 26.7 Å². The lowest BCUT2D eigenvalue weighted by Crippen LogP contribution is -2.25. The van der Waals surface area contributed by atoms with Gasteiger partial charge in [-0.05, 0) is 31.6 Å². The average Bonchev–Trinajstić information content (AvgIpc) is 3.25. The monoisotopic (exact) mass is 360 g/mol. The molecular weight excluding hydrogens is 336 g/mol. The number of carbonyl (C=O) groups excluding carboxylic acids is 1. The Morgan fingerprint density at radius 1 is 1.36 bits per heavy atom. The van der Waals surface area contributed by atoms with Crippen molar-refractivity contribution in [1.82, 2.24) is 25.1 Å². The number of amides is 1. The Morgan fingerprint density at radius 3 is 2.88 bits per heavy atom. The summed E-state index contributed by atoms with van der Waals surface area (Å²) in [5.41, 5.74) is 0.841. The van der Waals surface area contributed by atoms with E-state index in [1.165, 1.54) is 18.9 Å². The van der Waals surface area contributed by atoms with Crippen molar-refractivity contribution in [3.63, 3.8) is 0 Å². The third-order valence-electron chi connectivity index (χ3n) is 4.08. The number of fused-ring (bicyclic) bond motifs is 1. The van der Waals surface area contributed by atoms with Crippen molar-refractivity contribution in [1.29, 1.82) is 0 Å². The van der Waals surface area contributed by atoms with E-state index in [-0.39, 0.29) is 5.91 Å². The molecule has 0 saturated carbocycles. The van der Waals surface area contributed by atoms with Crippen LogP contribution in [0.25, 0.3) is 11.0 Å². The van der Waals surface area contributed by atoms with E-state index in [9.17, 15) is 4.79 Å². The molecule has 0 atom stereocenters. The Kier molecular flexibility index (Phi) is 5.91. The first kappa shape index (κ1) is 17.7. The van der Waals surface area contributed by atoms with Gasteiger partial charge in [0.05, 0.1) is 18.1 Å². The Bertz CT molecular complexity index is 766. The van der Waals surface area contributed by atoms with Gasteiger partial charge in [0.15, 0.2) is 10.8 Å². The minimum absolute atomic E-state index is 0.0893. The van der Waals surface area contributed by atoms with Crippen LogP contribution in [0, 0.1) is 0 Å². The third kappa shape index (κ3) is 4.12. The van der Waals surface area contributed by atoms with Crippen LogP contribution in [0.5, 0.6) is 0 Å². The average molecular weight is 360 g/mol. The third-order valence-corrected chi connectivity index (χ3v) is 4.80. The van der Waals surface area contributed by atoms with Crippen LogP contribution >= 0.6 is 11.8 Å². The van der Waals surface area contributed by atoms with Gasteiger partial charge in [-0.1, -0.05) is 24.8 Å². The first-order chi connectivity index (χ1) is 12.2. The predicted molar refractivity (Wildman–Crippen MR) is 101 cm³/mol. The fourth-order valence-electron chi connectivity index (χ4n) is 2.94. The molecule has 0 radical (unpaired) electrons. The highest BCUT2D eigenvalue weighted by Gasteiger charge is 2.20. The second-order valence-corrected chi connectivity index (χ2v) is 7.08. The molecule has 0 unspecified atom stereocenters. The summed E-state index contributed by atoms with van der Waals surface area (Å²) < 4.78 is 1.85. The highest BCUT2D eigenvalue weighted by Crippen LogP contribution is 2.29. The fourth-order valence-corrected chi connectivity index (χ4v) is 3.50. The number of nitrogens with zero attached hydrogens (tertiary/aromatic N) is 5. The van der Waals surface area contributed by atoms with E-state index in [1.54, 1.807) is 17.8 Å². The van der Waals surface area contributed by atoms with Gasteiger partial charge in [-0.2, -0.15) is 5.10 Å². The summed E-state index contributed by atoms with van der Waals surface area (Å²) in [7, 11) is 0. The molecule has 1 aliphatic rings. The van der Waals surface area contributed by atoms with Crippen molar-refractivity contribution in [3.05, 3.63) is 18.3 Å². The standard InChI is InChI=1S/C17H24N6OS/c1-3-7-14(24)18-8-11-23-16-13(12-19-23)15(22-9-5-6-10-22)20-17(21-16)25-4-2/h3,7,12H,4-6,8-11H2,1-2H3,(H,18,24)/b7-3-. The Morgan fingerprint density at radius 2 is 2.16 bits per heavy atom. The lowest BCUT2D eigenvalue weighted by molar-refractivity contribution is -0.116. The van der Waals surface area contributed by atoms with E-state index in [2.05, 4.69) is 22.2 Å². The normalized spacial score (nSPS) is 14.7. The Balaban J connectivity index is 1.85. The Labute approximate surface area is 151 Å². The van der Waals surface area contributed by atoms with Gasteiger partial charge in [-0.15, -0.1) is 0 Å². The summed E-state index contributed by atoms with van der Waals surface area (Å²) in [6.45, 7) is 7.09. The summed E-state index contributed by atoms with van der Waals surface area (Å²) in [5.74, 6) is 1.83. The lowest BCUT2D eigenvalue weighted by atomic mass is 10.3. The van der Waals surface area contributed by atoms with E-state index in [0.717, 1.165) is 40.9 Å². The van der Waals surface area contributed by atoms with Gasteiger partial charge >= 0.3 is 0 Å². The topological polar surface area (TPSA) is 75.9 Å². The Hall–Kier alpha value is -2.09. The minimum Gasteiger partial charge on any atom is -0.356 e. The molecule has 1 aliphatic heterocycles. The second-order valence-electron chi connectivity index (χ2n) is 5.85. The molecule has 2 aromatic heterocycles. The van der Waals surface area contributed by atoms with Gasteiger partial charge in [-0.3, -0.25) is 4.79 Å². The highest BCUT2D eigenvalue weighted by atomic mass is 32.2. The van der Waals surface area contributed by atoms with Crippen molar-refractivity contribution < 1.29 is 4.79 Å². The zero-order valence-corrected chi connectivity index (χ0v) is 15.6. The maximum Gasteiger partial charge on any atom is 0.243 e. The number of thioether (sulfide) groups is 1. The maximum absolute atomic E-state index is 11.5. The molecule has 1 saturated heterocycles. The number of hydrogen-bond donors (Lipinski definition) is 1. The van der Waals surface area contributed by atoms with Crippen LogP contribution in [0.4, 0.5) is 5.82 Å². The molecule has 3 rings (SSSR count). The number of allylic oxidation sites excluding steroid dienone is 1. The van der Waals surface area contributed by atoms with Crippen LogP contribution in [0.15, 0.2) is 23.5 Å². The van der Waals surface area contributed by atoms with Gasteiger partial charge < -0.3 is 10.2 Å². The molecule has 134 valence electrons. The largest absolute Gasteiger partial charge is 0.356 e. The summed E-state index contributed by atoms with van der Waals surface area (Å²) in [6, 6.07) is 0. The van der Waals surface area contributed by atoms with Gasteiger partial charge in [0.25, 0.3) is 0 Å². The van der Waals surface area contributed by atoms with Crippen LogP contribution < -0.4 is 10.2 Å². The van der Waals surface area contributed by atoms with Crippen molar-refractivity contribution in [2.75, 3.05) is 30.3 Å². The molecule has 8 heteroatoms. The summed E-state index contributed by atoms with van der Waals surface area (Å²) in [4.78, 5) is 23.3. The molecule has 0 spiro atoms. The van der Waals surface area contributed by atoms with E-state index >= 15 is 0 Å². The number of carbonyl (C=O) groups is 1. The van der Waals surface area contributed by atoms with Crippen LogP contribution in [0.3, 0.4) is 0 Å². The van der Waals surface area contributed by atoms with Gasteiger partial charge in [0.1, 0.15) is 5.82 Å². The number of nitrogens with one attached hydrogen (secondary N) is 1. The summed E-state index contributed by atoms with van der Waals surface area (Å²) in [6.07, 6.45) is 7.49. The van der Waals surface area contributed by atoms with Gasteiger partial charge in [0, 0.05) is 19.6 Å². The zero-order chi connectivity index (χ0) is 17.6. The van der Waals surface area contributed by atoms with Gasteiger partial charge in [-0.25, -0.2) is 14.6 Å². The molecule has 0 aromatic carbocycles. The lowest BCUT2D eigenvalue weighted by Gasteiger charge is -2.17. The van der Waals surface area contributed by atoms with E-state index in [4.69, 9.17) is 9.97 Å². The predicted octanol–water partition coefficient (Wildman–Crippen LogP) is 2.23. The molecule has 1 amide bonds. The molecule has 2 aromatic rings. The summed E-state index contributed by atoms with van der Waals surface area (Å²) in [5, 5.41) is 9.11. The zero-order valence-electron chi connectivity index (χ0n) is 14.7. The molecule has 3 heterocycles. The van der Waals surface area contributed by atoms with E-state index < -0.39 is 0 Å². The molecule has 7 nitrogen and oxygen atoms in total. The number of aromatic nitrogens is 4.